The summed E-state index contributed by atoms with van der Waals surface area (Å²) in [5, 5.41) is 0. The third-order valence-electron chi connectivity index (χ3n) is 4.24. The Morgan fingerprint density at radius 1 is 0.724 bits per heavy atom. The van der Waals surface area contributed by atoms with Crippen LogP contribution in [0.15, 0.2) is 66.7 Å². The summed E-state index contributed by atoms with van der Waals surface area (Å²) in [7, 11) is 3.27. The standard InChI is InChI=1S/C23H25NO4.ClH/c1-25-20-12-19(13-21(15-20)26-2)18-8-9-22(27-11-10-24)23(14-18)28-16-17-6-4-3-5-7-17;/h3-9,12-15H,10-11,16,24H2,1-2H3;1H. The Morgan fingerprint density at radius 2 is 1.41 bits per heavy atom. The number of hydrogen-bond acceptors (Lipinski definition) is 5. The van der Waals surface area contributed by atoms with Crippen molar-refractivity contribution in [2.75, 3.05) is 27.4 Å². The van der Waals surface area contributed by atoms with Gasteiger partial charge in [-0.2, -0.15) is 0 Å². The lowest BCUT2D eigenvalue weighted by Crippen LogP contribution is -2.11. The summed E-state index contributed by atoms with van der Waals surface area (Å²) in [6, 6.07) is 21.6. The molecule has 0 aliphatic carbocycles. The van der Waals surface area contributed by atoms with E-state index < -0.39 is 0 Å². The minimum Gasteiger partial charge on any atom is -0.497 e. The van der Waals surface area contributed by atoms with Crippen molar-refractivity contribution in [3.8, 4) is 34.1 Å². The van der Waals surface area contributed by atoms with Crippen molar-refractivity contribution in [3.05, 3.63) is 72.3 Å². The maximum atomic E-state index is 6.07. The van der Waals surface area contributed by atoms with Crippen LogP contribution in [-0.2, 0) is 6.61 Å². The first kappa shape index (κ1) is 22.4. The molecule has 0 radical (unpaired) electrons. The van der Waals surface area contributed by atoms with Crippen molar-refractivity contribution in [2.45, 2.75) is 6.61 Å². The SMILES string of the molecule is COc1cc(OC)cc(-c2ccc(OCCN)c(OCc3ccccc3)c2)c1.Cl. The second-order valence-corrected chi connectivity index (χ2v) is 6.17. The summed E-state index contributed by atoms with van der Waals surface area (Å²) in [6.07, 6.45) is 0. The van der Waals surface area contributed by atoms with E-state index in [1.165, 1.54) is 0 Å². The van der Waals surface area contributed by atoms with Gasteiger partial charge in [0.05, 0.1) is 14.2 Å². The monoisotopic (exact) mass is 415 g/mol. The van der Waals surface area contributed by atoms with Crippen LogP contribution >= 0.6 is 12.4 Å². The molecule has 2 N–H and O–H groups in total. The van der Waals surface area contributed by atoms with Gasteiger partial charge in [-0.1, -0.05) is 36.4 Å². The van der Waals surface area contributed by atoms with E-state index in [1.54, 1.807) is 14.2 Å². The molecule has 5 nitrogen and oxygen atoms in total. The van der Waals surface area contributed by atoms with Crippen LogP contribution in [0.1, 0.15) is 5.56 Å². The zero-order valence-corrected chi connectivity index (χ0v) is 17.4. The second-order valence-electron chi connectivity index (χ2n) is 6.17. The number of methoxy groups -OCH3 is 2. The normalized spacial score (nSPS) is 10.0. The van der Waals surface area contributed by atoms with E-state index in [9.17, 15) is 0 Å². The van der Waals surface area contributed by atoms with Crippen LogP contribution in [0.5, 0.6) is 23.0 Å². The molecule has 0 bridgehead atoms. The quantitative estimate of drug-likeness (QED) is 0.548. The van der Waals surface area contributed by atoms with Crippen molar-refractivity contribution in [1.29, 1.82) is 0 Å². The molecule has 0 unspecified atom stereocenters. The summed E-state index contributed by atoms with van der Waals surface area (Å²) >= 11 is 0. The number of nitrogens with two attached hydrogens (primary N) is 1. The number of halogens is 1. The molecule has 3 aromatic rings. The molecule has 6 heteroatoms. The summed E-state index contributed by atoms with van der Waals surface area (Å²) in [5.41, 5.74) is 8.60. The van der Waals surface area contributed by atoms with Gasteiger partial charge in [-0.15, -0.1) is 12.4 Å². The molecule has 0 aromatic heterocycles. The van der Waals surface area contributed by atoms with E-state index in [1.807, 2.05) is 66.7 Å². The van der Waals surface area contributed by atoms with Gasteiger partial charge in [0, 0.05) is 12.6 Å². The van der Waals surface area contributed by atoms with Gasteiger partial charge < -0.3 is 24.7 Å². The fraction of sp³-hybridized carbons (Fsp3) is 0.217. The highest BCUT2D eigenvalue weighted by Gasteiger charge is 2.11. The highest BCUT2D eigenvalue weighted by atomic mass is 35.5. The van der Waals surface area contributed by atoms with Gasteiger partial charge in [0.15, 0.2) is 11.5 Å². The van der Waals surface area contributed by atoms with Crippen LogP contribution in [0.25, 0.3) is 11.1 Å². The lowest BCUT2D eigenvalue weighted by molar-refractivity contribution is 0.266. The van der Waals surface area contributed by atoms with Crippen LogP contribution in [0, 0.1) is 0 Å². The molecule has 0 heterocycles. The maximum absolute atomic E-state index is 6.07. The first-order chi connectivity index (χ1) is 13.7. The van der Waals surface area contributed by atoms with E-state index in [-0.39, 0.29) is 12.4 Å². The Balaban J connectivity index is 0.00000300. The van der Waals surface area contributed by atoms with Crippen LogP contribution in [0.3, 0.4) is 0 Å². The zero-order chi connectivity index (χ0) is 19.8. The lowest BCUT2D eigenvalue weighted by atomic mass is 10.0. The number of hydrogen-bond donors (Lipinski definition) is 1. The molecule has 0 saturated carbocycles. The minimum atomic E-state index is 0. The summed E-state index contributed by atoms with van der Waals surface area (Å²) in [6.45, 7) is 1.31. The average molecular weight is 416 g/mol. The Hall–Kier alpha value is -2.89. The van der Waals surface area contributed by atoms with Crippen LogP contribution in [0.4, 0.5) is 0 Å². The van der Waals surface area contributed by atoms with E-state index in [2.05, 4.69) is 0 Å². The van der Waals surface area contributed by atoms with E-state index >= 15 is 0 Å². The average Bonchev–Trinajstić information content (AvgIpc) is 2.76. The number of benzene rings is 3. The smallest absolute Gasteiger partial charge is 0.162 e. The van der Waals surface area contributed by atoms with Gasteiger partial charge in [0.1, 0.15) is 24.7 Å². The van der Waals surface area contributed by atoms with E-state index in [0.29, 0.717) is 31.3 Å². The van der Waals surface area contributed by atoms with Crippen LogP contribution < -0.4 is 24.7 Å². The van der Waals surface area contributed by atoms with Gasteiger partial charge in [-0.05, 0) is 41.0 Å². The molecule has 3 rings (SSSR count). The summed E-state index contributed by atoms with van der Waals surface area (Å²) in [4.78, 5) is 0. The molecule has 29 heavy (non-hydrogen) atoms. The predicted molar refractivity (Wildman–Crippen MR) is 118 cm³/mol. The highest BCUT2D eigenvalue weighted by Crippen LogP contribution is 2.36. The molecule has 0 aliphatic heterocycles. The number of rotatable bonds is 9. The van der Waals surface area contributed by atoms with E-state index in [4.69, 9.17) is 24.7 Å². The third-order valence-corrected chi connectivity index (χ3v) is 4.24. The summed E-state index contributed by atoms with van der Waals surface area (Å²) in [5.74, 6) is 2.78. The van der Waals surface area contributed by atoms with Crippen molar-refractivity contribution < 1.29 is 18.9 Å². The Morgan fingerprint density at radius 3 is 2.03 bits per heavy atom. The van der Waals surface area contributed by atoms with Gasteiger partial charge in [0.2, 0.25) is 0 Å². The topological polar surface area (TPSA) is 62.9 Å². The molecule has 0 spiro atoms. The molecule has 0 fully saturated rings. The summed E-state index contributed by atoms with van der Waals surface area (Å²) < 4.78 is 22.6. The van der Waals surface area contributed by atoms with Crippen LogP contribution in [-0.4, -0.2) is 27.4 Å². The molecule has 3 aromatic carbocycles. The minimum absolute atomic E-state index is 0. The first-order valence-electron chi connectivity index (χ1n) is 9.10. The largest absolute Gasteiger partial charge is 0.497 e. The molecular formula is C23H26ClNO4. The molecular weight excluding hydrogens is 390 g/mol. The maximum Gasteiger partial charge on any atom is 0.162 e. The van der Waals surface area contributed by atoms with Crippen molar-refractivity contribution >= 4 is 12.4 Å². The molecule has 0 saturated heterocycles. The highest BCUT2D eigenvalue weighted by molar-refractivity contribution is 5.85. The third kappa shape index (κ3) is 6.04. The van der Waals surface area contributed by atoms with Crippen molar-refractivity contribution in [1.82, 2.24) is 0 Å². The van der Waals surface area contributed by atoms with Gasteiger partial charge in [-0.3, -0.25) is 0 Å². The molecule has 0 atom stereocenters. The van der Waals surface area contributed by atoms with Gasteiger partial charge in [-0.25, -0.2) is 0 Å². The second kappa shape index (κ2) is 11.2. The first-order valence-corrected chi connectivity index (χ1v) is 9.10. The Bertz CT molecular complexity index is 880. The Labute approximate surface area is 177 Å². The van der Waals surface area contributed by atoms with Crippen LogP contribution in [0.2, 0.25) is 0 Å². The predicted octanol–water partition coefficient (Wildman–Crippen LogP) is 4.71. The molecule has 154 valence electrons. The molecule has 0 aliphatic rings. The molecule has 0 amide bonds. The van der Waals surface area contributed by atoms with Gasteiger partial charge in [0.25, 0.3) is 0 Å². The van der Waals surface area contributed by atoms with Gasteiger partial charge >= 0.3 is 0 Å². The van der Waals surface area contributed by atoms with E-state index in [0.717, 1.165) is 28.2 Å². The lowest BCUT2D eigenvalue weighted by Gasteiger charge is -2.15. The fourth-order valence-electron chi connectivity index (χ4n) is 2.80. The number of ether oxygens (including phenoxy) is 4. The van der Waals surface area contributed by atoms with Crippen molar-refractivity contribution in [3.63, 3.8) is 0 Å². The zero-order valence-electron chi connectivity index (χ0n) is 16.6. The van der Waals surface area contributed by atoms with Crippen molar-refractivity contribution in [2.24, 2.45) is 5.73 Å². The Kier molecular flexibility index (Phi) is 8.65. The fourth-order valence-corrected chi connectivity index (χ4v) is 2.80.